The molecule has 8 atom stereocenters. The number of esters is 2. The van der Waals surface area contributed by atoms with Crippen LogP contribution in [0.3, 0.4) is 0 Å². The van der Waals surface area contributed by atoms with E-state index in [4.69, 9.17) is 33.9 Å². The molecular formula is C51H71N5O20. The van der Waals surface area contributed by atoms with Crippen molar-refractivity contribution in [3.05, 3.63) is 53.3 Å². The lowest BCUT2D eigenvalue weighted by Gasteiger charge is -2.38. The van der Waals surface area contributed by atoms with Gasteiger partial charge in [-0.15, -0.1) is 0 Å². The van der Waals surface area contributed by atoms with Crippen molar-refractivity contribution >= 4 is 64.0 Å². The molecule has 4 rings (SSSR count). The van der Waals surface area contributed by atoms with Crippen molar-refractivity contribution in [3.8, 4) is 23.0 Å². The third kappa shape index (κ3) is 17.9. The van der Waals surface area contributed by atoms with E-state index < -0.39 is 151 Å². The molecule has 2 aliphatic heterocycles. The summed E-state index contributed by atoms with van der Waals surface area (Å²) in [5, 5.41) is 80.8. The summed E-state index contributed by atoms with van der Waals surface area (Å²) in [7, 11) is 2.56. The second-order valence-electron chi connectivity index (χ2n) is 18.5. The number of carboxylic acid groups (broad SMARTS) is 3. The lowest BCUT2D eigenvalue weighted by molar-refractivity contribution is -0.160. The Balaban J connectivity index is 2.00. The van der Waals surface area contributed by atoms with Crippen LogP contribution in [0.25, 0.3) is 10.8 Å². The predicted molar refractivity (Wildman–Crippen MR) is 272 cm³/mol. The number of hydrogen-bond donors (Lipinski definition) is 10. The first kappa shape index (κ1) is 63.0. The number of aliphatic carboxylic acids is 3. The number of nitrogens with one attached hydrogen (secondary N) is 3. The monoisotopic (exact) mass is 1070 g/mol. The van der Waals surface area contributed by atoms with Crippen LogP contribution in [0.15, 0.2) is 42.2 Å². The van der Waals surface area contributed by atoms with Crippen molar-refractivity contribution in [3.63, 3.8) is 0 Å². The number of rotatable bonds is 21. The molecule has 8 unspecified atom stereocenters. The molecule has 0 saturated heterocycles. The van der Waals surface area contributed by atoms with Gasteiger partial charge in [0.05, 0.1) is 68.9 Å². The first-order valence-corrected chi connectivity index (χ1v) is 24.2. The molecule has 0 saturated carbocycles. The zero-order valence-electron chi connectivity index (χ0n) is 44.0. The Morgan fingerprint density at radius 1 is 0.763 bits per heavy atom. The van der Waals surface area contributed by atoms with Gasteiger partial charge in [-0.3, -0.25) is 43.4 Å². The third-order valence-electron chi connectivity index (χ3n) is 12.7. The predicted octanol–water partition coefficient (Wildman–Crippen LogP) is 1.77. The van der Waals surface area contributed by atoms with E-state index >= 15 is 0 Å². The highest BCUT2D eigenvalue weighted by molar-refractivity contribution is 6.17. The summed E-state index contributed by atoms with van der Waals surface area (Å²) >= 11 is 0. The van der Waals surface area contributed by atoms with Gasteiger partial charge in [0.25, 0.3) is 11.8 Å². The second-order valence-corrected chi connectivity index (χ2v) is 18.5. The number of carbonyl (C=O) groups excluding carboxylic acids is 5. The number of aromatic hydroxyl groups is 2. The second kappa shape index (κ2) is 29.7. The molecule has 0 fully saturated rings. The number of nitrogens with zero attached hydrogens (tertiary/aromatic N) is 2. The fraction of sp³-hybridized carbons (Fsp3) is 0.529. The van der Waals surface area contributed by atoms with Crippen LogP contribution < -0.4 is 25.4 Å². The average molecular weight is 1070 g/mol. The Labute approximate surface area is 439 Å². The van der Waals surface area contributed by atoms with E-state index in [1.54, 1.807) is 33.8 Å². The SMILES string of the molecule is COc1c(C)c(O)c2c(O)c3cc(OCC(=O)NCCCNC(=O)CN(CCN(CC(=O)O)CC(=O)O)CC(=O)O)c2c1C(=O)O/C=C/C(OC)C(C)C(OC(C)=O)C(C)C(O)C(C)C(O)C(C)/C=C/C=C(/C)C(=O)N3. The smallest absolute Gasteiger partial charge is 0.347 e. The molecule has 2 aromatic carbocycles. The Morgan fingerprint density at radius 2 is 1.34 bits per heavy atom. The number of carboxylic acids is 3. The molecule has 0 aromatic heterocycles. The summed E-state index contributed by atoms with van der Waals surface area (Å²) in [5.41, 5.74) is -0.667. The van der Waals surface area contributed by atoms with E-state index in [1.165, 1.54) is 58.1 Å². The molecule has 3 amide bonds. The highest BCUT2D eigenvalue weighted by Gasteiger charge is 2.39. The zero-order chi connectivity index (χ0) is 57.1. The average Bonchev–Trinajstić information content (AvgIpc) is 3.34. The highest BCUT2D eigenvalue weighted by Crippen LogP contribution is 2.50. The summed E-state index contributed by atoms with van der Waals surface area (Å²) in [6.07, 6.45) is 2.85. The van der Waals surface area contributed by atoms with Crippen molar-refractivity contribution in [2.45, 2.75) is 79.3 Å². The van der Waals surface area contributed by atoms with Gasteiger partial charge in [0.15, 0.2) is 12.4 Å². The first-order valence-electron chi connectivity index (χ1n) is 24.2. The minimum absolute atomic E-state index is 0.00205. The van der Waals surface area contributed by atoms with Crippen LogP contribution in [-0.2, 0) is 47.8 Å². The fourth-order valence-electron chi connectivity index (χ4n) is 8.58. The van der Waals surface area contributed by atoms with Crippen molar-refractivity contribution in [2.24, 2.45) is 23.7 Å². The van der Waals surface area contributed by atoms with Crippen LogP contribution in [-0.4, -0.2) is 191 Å². The van der Waals surface area contributed by atoms with Crippen LogP contribution >= 0.6 is 0 Å². The number of ether oxygens (including phenoxy) is 5. The van der Waals surface area contributed by atoms with Gasteiger partial charge in [0.1, 0.15) is 28.9 Å². The molecule has 420 valence electrons. The number of phenolic OH excluding ortho intramolecular Hbond substituents is 2. The van der Waals surface area contributed by atoms with E-state index in [2.05, 4.69) is 16.0 Å². The standard InChI is InChI=1S/C51H71N5O20/c1-26-12-10-13-27(2)50(70)54-33-20-35(75-25-37(59)53-16-11-15-52-36(58)21-55(22-38(60)61)17-18-56(23-39(62)63)24-40(64)65)41-42(47(33)69)46(68)31(6)49(73-9)43(41)51(71)74-19-14-34(72-8)28(3)48(76-32(7)57)30(5)45(67)29(4)44(26)66/h10,12-14,19-20,26,28-30,34,44-45,48,66-69H,11,15-18,21-25H2,1-9H3,(H,52,58)(H,53,59)(H,54,70)(H,60,61)(H,62,63)(H,64,65)/b12-10+,19-14+,27-13-. The summed E-state index contributed by atoms with van der Waals surface area (Å²) < 4.78 is 28.6. The molecule has 25 heteroatoms. The lowest BCUT2D eigenvalue weighted by Crippen LogP contribution is -2.46. The van der Waals surface area contributed by atoms with Crippen LogP contribution in [0.2, 0.25) is 0 Å². The van der Waals surface area contributed by atoms with Gasteiger partial charge >= 0.3 is 29.8 Å². The Hall–Kier alpha value is -7.32. The number of amides is 3. The summed E-state index contributed by atoms with van der Waals surface area (Å²) in [5.74, 6) is -12.4. The van der Waals surface area contributed by atoms with Gasteiger partial charge < -0.3 is 75.4 Å². The summed E-state index contributed by atoms with van der Waals surface area (Å²) in [4.78, 5) is 102. The fourth-order valence-corrected chi connectivity index (χ4v) is 8.58. The van der Waals surface area contributed by atoms with Gasteiger partial charge in [0.2, 0.25) is 5.91 Å². The minimum Gasteiger partial charge on any atom is -0.507 e. The topological polar surface area (TPSA) is 367 Å². The molecule has 2 heterocycles. The Bertz CT molecular complexity index is 2510. The summed E-state index contributed by atoms with van der Waals surface area (Å²) in [6.45, 7) is 7.36. The van der Waals surface area contributed by atoms with Crippen molar-refractivity contribution in [1.29, 1.82) is 0 Å². The maximum absolute atomic E-state index is 14.3. The van der Waals surface area contributed by atoms with Crippen molar-refractivity contribution in [1.82, 2.24) is 20.4 Å². The molecule has 0 radical (unpaired) electrons. The van der Waals surface area contributed by atoms with E-state index in [9.17, 15) is 63.9 Å². The van der Waals surface area contributed by atoms with Crippen molar-refractivity contribution < 1.29 is 97.8 Å². The third-order valence-corrected chi connectivity index (χ3v) is 12.7. The van der Waals surface area contributed by atoms with Crippen LogP contribution in [0.1, 0.15) is 63.9 Å². The number of allylic oxidation sites excluding steroid dienone is 2. The maximum atomic E-state index is 14.3. The van der Waals surface area contributed by atoms with E-state index in [-0.39, 0.29) is 66.3 Å². The quantitative estimate of drug-likeness (QED) is 0.0484. The van der Waals surface area contributed by atoms with Gasteiger partial charge in [-0.25, -0.2) is 4.79 Å². The lowest BCUT2D eigenvalue weighted by atomic mass is 9.78. The number of fused-ring (bicyclic) bond motifs is 15. The van der Waals surface area contributed by atoms with E-state index in [0.29, 0.717) is 0 Å². The van der Waals surface area contributed by atoms with Crippen LogP contribution in [0.4, 0.5) is 5.69 Å². The number of benzene rings is 2. The number of phenols is 2. The molecule has 10 N–H and O–H groups in total. The highest BCUT2D eigenvalue weighted by atomic mass is 16.6. The number of aliphatic hydroxyl groups is 2. The van der Waals surface area contributed by atoms with Gasteiger partial charge in [-0.05, 0) is 26.3 Å². The molecule has 76 heavy (non-hydrogen) atoms. The maximum Gasteiger partial charge on any atom is 0.347 e. The zero-order valence-corrected chi connectivity index (χ0v) is 44.0. The van der Waals surface area contributed by atoms with E-state index in [0.717, 1.165) is 17.2 Å². The van der Waals surface area contributed by atoms with Gasteiger partial charge in [-0.1, -0.05) is 45.9 Å². The van der Waals surface area contributed by atoms with Crippen LogP contribution in [0, 0.1) is 30.6 Å². The first-order chi connectivity index (χ1) is 35.7. The molecule has 4 bridgehead atoms. The largest absolute Gasteiger partial charge is 0.507 e. The minimum atomic E-state index is -1.30. The van der Waals surface area contributed by atoms with Crippen molar-refractivity contribution in [2.75, 3.05) is 78.5 Å². The van der Waals surface area contributed by atoms with Gasteiger partial charge in [-0.2, -0.15) is 0 Å². The number of methoxy groups -OCH3 is 2. The number of aliphatic hydroxyl groups excluding tert-OH is 2. The van der Waals surface area contributed by atoms with E-state index in [1.807, 2.05) is 0 Å². The number of hydrogen-bond acceptors (Lipinski definition) is 19. The molecule has 2 aliphatic rings. The molecule has 0 aliphatic carbocycles. The molecular weight excluding hydrogens is 1000 g/mol. The number of carbonyl (C=O) groups is 8. The molecule has 25 nitrogen and oxygen atoms in total. The number of anilines is 1. The summed E-state index contributed by atoms with van der Waals surface area (Å²) in [6, 6.07) is 1.12. The normalized spacial score (nSPS) is 23.2. The molecule has 0 spiro atoms. The van der Waals surface area contributed by atoms with Gasteiger partial charge in [0, 0.05) is 86.5 Å². The molecule has 2 aromatic rings. The van der Waals surface area contributed by atoms with Crippen LogP contribution in [0.5, 0.6) is 23.0 Å². The Kier molecular flexibility index (Phi) is 24.6. The Morgan fingerprint density at radius 3 is 1.89 bits per heavy atom.